The van der Waals surface area contributed by atoms with Gasteiger partial charge in [-0.15, -0.1) is 10.2 Å². The molecule has 1 aromatic heterocycles. The Bertz CT molecular complexity index is 1280. The van der Waals surface area contributed by atoms with Crippen LogP contribution in [0.1, 0.15) is 16.7 Å². The van der Waals surface area contributed by atoms with E-state index in [1.807, 2.05) is 44.2 Å². The second kappa shape index (κ2) is 7.73. The number of alkyl halides is 3. The summed E-state index contributed by atoms with van der Waals surface area (Å²) in [6.07, 6.45) is -4.54. The number of aromatic nitrogens is 3. The molecule has 0 unspecified atom stereocenters. The second-order valence-electron chi connectivity index (χ2n) is 7.13. The lowest BCUT2D eigenvalue weighted by atomic mass is 10.0. The largest absolute Gasteiger partial charge is 0.417 e. The minimum absolute atomic E-state index is 0.0577. The lowest BCUT2D eigenvalue weighted by Gasteiger charge is -2.18. The van der Waals surface area contributed by atoms with Gasteiger partial charge in [-0.05, 0) is 31.0 Å². The maximum Gasteiger partial charge on any atom is 0.417 e. The van der Waals surface area contributed by atoms with Gasteiger partial charge in [0.15, 0.2) is 17.3 Å². The zero-order valence-corrected chi connectivity index (χ0v) is 16.8. The van der Waals surface area contributed by atoms with E-state index in [0.29, 0.717) is 17.2 Å². The summed E-state index contributed by atoms with van der Waals surface area (Å²) in [6.45, 7) is 11.0. The molecule has 0 aliphatic rings. The van der Waals surface area contributed by atoms with Crippen LogP contribution in [0.2, 0.25) is 0 Å². The molecule has 0 saturated heterocycles. The van der Waals surface area contributed by atoms with Crippen molar-refractivity contribution in [1.82, 2.24) is 14.8 Å². The number of halogens is 3. The monoisotopic (exact) mass is 418 g/mol. The maximum absolute atomic E-state index is 13.8. The van der Waals surface area contributed by atoms with Gasteiger partial charge >= 0.3 is 6.18 Å². The Balaban J connectivity index is 2.08. The average molecular weight is 418 g/mol. The summed E-state index contributed by atoms with van der Waals surface area (Å²) in [4.78, 5) is 3.48. The molecule has 0 atom stereocenters. The molecular formula is C24H17F3N4. The van der Waals surface area contributed by atoms with Gasteiger partial charge in [0.05, 0.1) is 17.8 Å². The third kappa shape index (κ3) is 3.68. The van der Waals surface area contributed by atoms with E-state index in [1.54, 1.807) is 22.8 Å². The molecule has 0 N–H and O–H groups in total. The highest BCUT2D eigenvalue weighted by molar-refractivity contribution is 5.72. The summed E-state index contributed by atoms with van der Waals surface area (Å²) in [5, 5.41) is 8.46. The van der Waals surface area contributed by atoms with Crippen molar-refractivity contribution in [3.05, 3.63) is 94.8 Å². The van der Waals surface area contributed by atoms with E-state index in [2.05, 4.69) is 15.0 Å². The molecule has 0 aliphatic heterocycles. The molecule has 31 heavy (non-hydrogen) atoms. The first-order chi connectivity index (χ1) is 14.8. The van der Waals surface area contributed by atoms with Gasteiger partial charge in [0, 0.05) is 11.1 Å². The summed E-state index contributed by atoms with van der Waals surface area (Å²) < 4.78 is 42.9. The van der Waals surface area contributed by atoms with Crippen molar-refractivity contribution in [2.24, 2.45) is 0 Å². The van der Waals surface area contributed by atoms with Crippen LogP contribution in [0.4, 0.5) is 18.9 Å². The third-order valence-electron chi connectivity index (χ3n) is 5.00. The number of aryl methyl sites for hydroxylation is 2. The van der Waals surface area contributed by atoms with Crippen molar-refractivity contribution in [3.63, 3.8) is 0 Å². The van der Waals surface area contributed by atoms with Crippen molar-refractivity contribution in [1.29, 1.82) is 0 Å². The van der Waals surface area contributed by atoms with E-state index >= 15 is 0 Å². The highest BCUT2D eigenvalue weighted by atomic mass is 19.4. The van der Waals surface area contributed by atoms with Gasteiger partial charge in [0.1, 0.15) is 0 Å². The van der Waals surface area contributed by atoms with Crippen molar-refractivity contribution < 1.29 is 13.2 Å². The molecule has 4 aromatic rings. The molecule has 154 valence electrons. The van der Waals surface area contributed by atoms with Gasteiger partial charge in [0.2, 0.25) is 0 Å². The molecule has 0 fully saturated rings. The van der Waals surface area contributed by atoms with Crippen LogP contribution in [0.3, 0.4) is 0 Å². The summed E-state index contributed by atoms with van der Waals surface area (Å²) in [5.74, 6) is 0.517. The minimum atomic E-state index is -4.54. The van der Waals surface area contributed by atoms with Crippen LogP contribution in [-0.2, 0) is 6.18 Å². The number of hydrogen-bond donors (Lipinski definition) is 0. The molecule has 4 rings (SSSR count). The summed E-state index contributed by atoms with van der Waals surface area (Å²) in [6, 6.07) is 17.9. The predicted molar refractivity (Wildman–Crippen MR) is 113 cm³/mol. The van der Waals surface area contributed by atoms with Crippen LogP contribution < -0.4 is 0 Å². The fourth-order valence-corrected chi connectivity index (χ4v) is 3.72. The van der Waals surface area contributed by atoms with Crippen molar-refractivity contribution >= 4 is 5.69 Å². The minimum Gasteiger partial charge on any atom is -0.275 e. The molecule has 4 nitrogen and oxygen atoms in total. The number of rotatable bonds is 3. The first-order valence-electron chi connectivity index (χ1n) is 9.47. The lowest BCUT2D eigenvalue weighted by Crippen LogP contribution is -2.10. The molecule has 0 amide bonds. The highest BCUT2D eigenvalue weighted by Gasteiger charge is 2.35. The first-order valence-corrected chi connectivity index (χ1v) is 9.47. The third-order valence-corrected chi connectivity index (χ3v) is 5.00. The van der Waals surface area contributed by atoms with E-state index in [0.717, 1.165) is 22.8 Å². The topological polar surface area (TPSA) is 35.1 Å². The quantitative estimate of drug-likeness (QED) is 0.344. The summed E-state index contributed by atoms with van der Waals surface area (Å²) in [7, 11) is 0. The SMILES string of the molecule is [C-]#[N+]c1cc(C)c(-n2c(-c3ccccc3)nnc2-c2ccccc2C(F)(F)F)c(C)c1. The molecule has 0 bridgehead atoms. The zero-order valence-electron chi connectivity index (χ0n) is 16.8. The Labute approximate surface area is 177 Å². The van der Waals surface area contributed by atoms with Crippen LogP contribution in [0.15, 0.2) is 66.7 Å². The van der Waals surface area contributed by atoms with E-state index in [4.69, 9.17) is 6.57 Å². The van der Waals surface area contributed by atoms with E-state index in [-0.39, 0.29) is 11.4 Å². The Hall–Kier alpha value is -3.92. The molecule has 3 aromatic carbocycles. The summed E-state index contributed by atoms with van der Waals surface area (Å²) in [5.41, 5.74) is 2.49. The van der Waals surface area contributed by atoms with Crippen molar-refractivity contribution in [2.45, 2.75) is 20.0 Å². The van der Waals surface area contributed by atoms with Crippen molar-refractivity contribution in [2.75, 3.05) is 0 Å². The Morgan fingerprint density at radius 1 is 0.839 bits per heavy atom. The maximum atomic E-state index is 13.8. The molecule has 0 aliphatic carbocycles. The molecule has 1 heterocycles. The second-order valence-corrected chi connectivity index (χ2v) is 7.13. The van der Waals surface area contributed by atoms with Gasteiger partial charge in [-0.2, -0.15) is 13.2 Å². The molecule has 7 heteroatoms. The molecule has 0 saturated carbocycles. The number of benzene rings is 3. The van der Waals surface area contributed by atoms with Crippen LogP contribution in [0.5, 0.6) is 0 Å². The lowest BCUT2D eigenvalue weighted by molar-refractivity contribution is -0.137. The van der Waals surface area contributed by atoms with Gasteiger partial charge in [-0.1, -0.05) is 60.7 Å². The van der Waals surface area contributed by atoms with E-state index in [1.165, 1.54) is 12.1 Å². The summed E-state index contributed by atoms with van der Waals surface area (Å²) >= 11 is 0. The van der Waals surface area contributed by atoms with E-state index < -0.39 is 11.7 Å². The first kappa shape index (κ1) is 20.4. The number of nitrogens with zero attached hydrogens (tertiary/aromatic N) is 4. The molecular weight excluding hydrogens is 401 g/mol. The average Bonchev–Trinajstić information content (AvgIpc) is 3.17. The van der Waals surface area contributed by atoms with Gasteiger partial charge < -0.3 is 0 Å². The Morgan fingerprint density at radius 3 is 2.03 bits per heavy atom. The zero-order chi connectivity index (χ0) is 22.2. The normalized spacial score (nSPS) is 11.4. The fraction of sp³-hybridized carbons (Fsp3) is 0.125. The van der Waals surface area contributed by atoms with E-state index in [9.17, 15) is 13.2 Å². The van der Waals surface area contributed by atoms with Crippen LogP contribution in [-0.4, -0.2) is 14.8 Å². The highest BCUT2D eigenvalue weighted by Crippen LogP contribution is 2.39. The smallest absolute Gasteiger partial charge is 0.275 e. The van der Waals surface area contributed by atoms with Crippen LogP contribution in [0, 0.1) is 20.4 Å². The standard InChI is InChI=1S/C24H17F3N4/c1-15-13-18(28-3)14-16(2)21(15)31-22(17-9-5-4-6-10-17)29-30-23(31)19-11-7-8-12-20(19)24(25,26)27/h4-14H,1-2H3. The van der Waals surface area contributed by atoms with Gasteiger partial charge in [-0.25, -0.2) is 4.85 Å². The molecule has 0 radical (unpaired) electrons. The van der Waals surface area contributed by atoms with Crippen LogP contribution >= 0.6 is 0 Å². The van der Waals surface area contributed by atoms with Crippen molar-refractivity contribution in [3.8, 4) is 28.5 Å². The van der Waals surface area contributed by atoms with Gasteiger partial charge in [0.25, 0.3) is 0 Å². The Morgan fingerprint density at radius 2 is 1.42 bits per heavy atom. The van der Waals surface area contributed by atoms with Gasteiger partial charge in [-0.3, -0.25) is 4.57 Å². The molecule has 0 spiro atoms. The fourth-order valence-electron chi connectivity index (χ4n) is 3.72. The Kier molecular flexibility index (Phi) is 5.07. The number of hydrogen-bond acceptors (Lipinski definition) is 2. The van der Waals surface area contributed by atoms with Crippen LogP contribution in [0.25, 0.3) is 33.3 Å². The predicted octanol–water partition coefficient (Wildman–Crippen LogP) is 6.79.